The standard InChI is InChI=1S/C24H33N3O2/c1-4-29-22-16-19(2)10-11-20(22)17-26-23(25-3)27-18-24(12-14-28-15-13-24)21-8-6-5-7-9-21/h5-11,16H,4,12-15,17-18H2,1-3H3,(H2,25,26,27). The van der Waals surface area contributed by atoms with E-state index in [0.29, 0.717) is 13.2 Å². The number of nitrogens with zero attached hydrogens (tertiary/aromatic N) is 1. The van der Waals surface area contributed by atoms with Gasteiger partial charge in [-0.15, -0.1) is 0 Å². The fourth-order valence-corrected chi connectivity index (χ4v) is 3.87. The van der Waals surface area contributed by atoms with Crippen LogP contribution >= 0.6 is 0 Å². The Kier molecular flexibility index (Phi) is 7.53. The monoisotopic (exact) mass is 395 g/mol. The minimum absolute atomic E-state index is 0.0669. The van der Waals surface area contributed by atoms with Crippen molar-refractivity contribution in [1.29, 1.82) is 0 Å². The van der Waals surface area contributed by atoms with Gasteiger partial charge in [0, 0.05) is 44.3 Å². The van der Waals surface area contributed by atoms with E-state index in [1.54, 1.807) is 0 Å². The Bertz CT molecular complexity index is 799. The van der Waals surface area contributed by atoms with Crippen molar-refractivity contribution < 1.29 is 9.47 Å². The highest BCUT2D eigenvalue weighted by Gasteiger charge is 2.34. The summed E-state index contributed by atoms with van der Waals surface area (Å²) in [6.45, 7) is 7.83. The van der Waals surface area contributed by atoms with Crippen LogP contribution in [-0.4, -0.2) is 39.4 Å². The average molecular weight is 396 g/mol. The molecule has 156 valence electrons. The van der Waals surface area contributed by atoms with Gasteiger partial charge in [-0.2, -0.15) is 0 Å². The molecular formula is C24H33N3O2. The summed E-state index contributed by atoms with van der Waals surface area (Å²) >= 11 is 0. The third-order valence-electron chi connectivity index (χ3n) is 5.62. The van der Waals surface area contributed by atoms with E-state index in [1.165, 1.54) is 11.1 Å². The van der Waals surface area contributed by atoms with Crippen LogP contribution < -0.4 is 15.4 Å². The summed E-state index contributed by atoms with van der Waals surface area (Å²) in [7, 11) is 1.81. The minimum Gasteiger partial charge on any atom is -0.494 e. The normalized spacial score (nSPS) is 16.3. The number of guanidine groups is 1. The SMILES string of the molecule is CCOc1cc(C)ccc1CNC(=NC)NCC1(c2ccccc2)CCOCC1. The zero-order chi connectivity index (χ0) is 20.5. The van der Waals surface area contributed by atoms with Crippen molar-refractivity contribution in [2.24, 2.45) is 4.99 Å². The van der Waals surface area contributed by atoms with E-state index >= 15 is 0 Å². The van der Waals surface area contributed by atoms with Crippen molar-refractivity contribution >= 4 is 5.96 Å². The maximum Gasteiger partial charge on any atom is 0.191 e. The number of hydrogen-bond donors (Lipinski definition) is 2. The largest absolute Gasteiger partial charge is 0.494 e. The molecule has 29 heavy (non-hydrogen) atoms. The molecule has 1 aliphatic heterocycles. The number of aryl methyl sites for hydroxylation is 1. The fourth-order valence-electron chi connectivity index (χ4n) is 3.87. The molecule has 1 fully saturated rings. The Morgan fingerprint density at radius 3 is 2.55 bits per heavy atom. The van der Waals surface area contributed by atoms with E-state index in [4.69, 9.17) is 9.47 Å². The third kappa shape index (κ3) is 5.51. The van der Waals surface area contributed by atoms with Crippen LogP contribution in [0.5, 0.6) is 5.75 Å². The molecule has 2 aromatic carbocycles. The van der Waals surface area contributed by atoms with E-state index < -0.39 is 0 Å². The van der Waals surface area contributed by atoms with E-state index in [1.807, 2.05) is 14.0 Å². The Balaban J connectivity index is 1.65. The molecule has 1 saturated heterocycles. The van der Waals surface area contributed by atoms with Crippen molar-refractivity contribution in [2.75, 3.05) is 33.4 Å². The molecule has 5 nitrogen and oxygen atoms in total. The summed E-state index contributed by atoms with van der Waals surface area (Å²) in [4.78, 5) is 4.43. The molecule has 0 spiro atoms. The molecule has 2 aromatic rings. The van der Waals surface area contributed by atoms with Gasteiger partial charge in [0.05, 0.1) is 6.61 Å². The Morgan fingerprint density at radius 1 is 1.10 bits per heavy atom. The predicted octanol–water partition coefficient (Wildman–Crippen LogP) is 3.81. The third-order valence-corrected chi connectivity index (χ3v) is 5.62. The molecule has 1 heterocycles. The number of benzene rings is 2. The van der Waals surface area contributed by atoms with Gasteiger partial charge in [-0.3, -0.25) is 4.99 Å². The Hall–Kier alpha value is -2.53. The lowest BCUT2D eigenvalue weighted by atomic mass is 9.74. The number of nitrogens with one attached hydrogen (secondary N) is 2. The summed E-state index contributed by atoms with van der Waals surface area (Å²) in [5.41, 5.74) is 3.76. The first kappa shape index (κ1) is 21.2. The van der Waals surface area contributed by atoms with Gasteiger partial charge in [0.15, 0.2) is 5.96 Å². The van der Waals surface area contributed by atoms with Crippen LogP contribution in [0.4, 0.5) is 0 Å². The lowest BCUT2D eigenvalue weighted by Gasteiger charge is -2.38. The van der Waals surface area contributed by atoms with E-state index in [2.05, 4.69) is 71.1 Å². The van der Waals surface area contributed by atoms with Crippen LogP contribution in [0.3, 0.4) is 0 Å². The molecule has 0 bridgehead atoms. The lowest BCUT2D eigenvalue weighted by Crippen LogP contribution is -2.47. The molecule has 0 aromatic heterocycles. The molecule has 0 aliphatic carbocycles. The molecule has 0 radical (unpaired) electrons. The van der Waals surface area contributed by atoms with Gasteiger partial charge < -0.3 is 20.1 Å². The number of ether oxygens (including phenoxy) is 2. The maximum atomic E-state index is 5.80. The molecule has 0 unspecified atom stereocenters. The van der Waals surface area contributed by atoms with Gasteiger partial charge >= 0.3 is 0 Å². The average Bonchev–Trinajstić information content (AvgIpc) is 2.76. The van der Waals surface area contributed by atoms with Crippen LogP contribution in [0.1, 0.15) is 36.5 Å². The van der Waals surface area contributed by atoms with Crippen LogP contribution in [0, 0.1) is 6.92 Å². The molecule has 0 saturated carbocycles. The van der Waals surface area contributed by atoms with Gasteiger partial charge in [0.1, 0.15) is 5.75 Å². The van der Waals surface area contributed by atoms with Gasteiger partial charge in [-0.05, 0) is 43.9 Å². The second kappa shape index (κ2) is 10.3. The summed E-state index contributed by atoms with van der Waals surface area (Å²) in [5.74, 6) is 1.73. The first-order valence-corrected chi connectivity index (χ1v) is 10.5. The number of hydrogen-bond acceptors (Lipinski definition) is 3. The van der Waals surface area contributed by atoms with Crippen molar-refractivity contribution in [1.82, 2.24) is 10.6 Å². The van der Waals surface area contributed by atoms with Crippen LogP contribution in [0.25, 0.3) is 0 Å². The quantitative estimate of drug-likeness (QED) is 0.553. The highest BCUT2D eigenvalue weighted by atomic mass is 16.5. The molecule has 0 amide bonds. The van der Waals surface area contributed by atoms with Crippen molar-refractivity contribution in [2.45, 2.75) is 38.6 Å². The van der Waals surface area contributed by atoms with Crippen molar-refractivity contribution in [3.05, 3.63) is 65.2 Å². The molecular weight excluding hydrogens is 362 g/mol. The van der Waals surface area contributed by atoms with Crippen LogP contribution in [0.15, 0.2) is 53.5 Å². The second-order valence-electron chi connectivity index (χ2n) is 7.58. The molecule has 0 atom stereocenters. The van der Waals surface area contributed by atoms with E-state index in [9.17, 15) is 0 Å². The van der Waals surface area contributed by atoms with E-state index in [-0.39, 0.29) is 5.41 Å². The second-order valence-corrected chi connectivity index (χ2v) is 7.58. The fraction of sp³-hybridized carbons (Fsp3) is 0.458. The first-order valence-electron chi connectivity index (χ1n) is 10.5. The van der Waals surface area contributed by atoms with Crippen molar-refractivity contribution in [3.8, 4) is 5.75 Å². The van der Waals surface area contributed by atoms with E-state index in [0.717, 1.165) is 49.9 Å². The summed E-state index contributed by atoms with van der Waals surface area (Å²) in [6.07, 6.45) is 2.01. The lowest BCUT2D eigenvalue weighted by molar-refractivity contribution is 0.0514. The number of aliphatic imine (C=N–C) groups is 1. The Labute approximate surface area is 174 Å². The smallest absolute Gasteiger partial charge is 0.191 e. The molecule has 2 N–H and O–H groups in total. The highest BCUT2D eigenvalue weighted by Crippen LogP contribution is 2.34. The van der Waals surface area contributed by atoms with Gasteiger partial charge in [-0.1, -0.05) is 42.5 Å². The maximum absolute atomic E-state index is 5.80. The topological polar surface area (TPSA) is 54.9 Å². The van der Waals surface area contributed by atoms with Gasteiger partial charge in [0.25, 0.3) is 0 Å². The van der Waals surface area contributed by atoms with Gasteiger partial charge in [-0.25, -0.2) is 0 Å². The first-order chi connectivity index (χ1) is 14.2. The minimum atomic E-state index is 0.0669. The molecule has 1 aliphatic rings. The van der Waals surface area contributed by atoms with Crippen LogP contribution in [-0.2, 0) is 16.7 Å². The van der Waals surface area contributed by atoms with Gasteiger partial charge in [0.2, 0.25) is 0 Å². The highest BCUT2D eigenvalue weighted by molar-refractivity contribution is 5.79. The summed E-state index contributed by atoms with van der Waals surface area (Å²) in [6, 6.07) is 17.1. The number of rotatable bonds is 7. The zero-order valence-corrected chi connectivity index (χ0v) is 17.8. The van der Waals surface area contributed by atoms with Crippen LogP contribution in [0.2, 0.25) is 0 Å². The van der Waals surface area contributed by atoms with Crippen molar-refractivity contribution in [3.63, 3.8) is 0 Å². The zero-order valence-electron chi connectivity index (χ0n) is 17.8. The molecule has 3 rings (SSSR count). The summed E-state index contributed by atoms with van der Waals surface area (Å²) < 4.78 is 11.4. The molecule has 5 heteroatoms. The predicted molar refractivity (Wildman–Crippen MR) is 119 cm³/mol. The summed E-state index contributed by atoms with van der Waals surface area (Å²) in [5, 5.41) is 6.99. The Morgan fingerprint density at radius 2 is 1.86 bits per heavy atom.